The summed E-state index contributed by atoms with van der Waals surface area (Å²) in [6.45, 7) is 8.29. The highest BCUT2D eigenvalue weighted by atomic mass is 79.9. The van der Waals surface area contributed by atoms with Crippen LogP contribution in [0.1, 0.15) is 50.3 Å². The van der Waals surface area contributed by atoms with Gasteiger partial charge in [0.1, 0.15) is 0 Å². The zero-order valence-corrected chi connectivity index (χ0v) is 14.2. The largest absolute Gasteiger partial charge is 0.451 e. The molecule has 0 amide bonds. The zero-order chi connectivity index (χ0) is 14.9. The normalized spacial score (nSPS) is 20.6. The number of esters is 1. The lowest BCUT2D eigenvalue weighted by atomic mass is 9.93. The van der Waals surface area contributed by atoms with Gasteiger partial charge >= 0.3 is 5.97 Å². The van der Waals surface area contributed by atoms with Crippen molar-refractivity contribution in [2.45, 2.75) is 51.5 Å². The highest BCUT2D eigenvalue weighted by Crippen LogP contribution is 2.33. The molecular formula is C17H23BrO2. The molecule has 1 aliphatic rings. The third-order valence-corrected chi connectivity index (χ3v) is 4.46. The quantitative estimate of drug-likeness (QED) is 0.599. The number of rotatable bonds is 4. The fourth-order valence-corrected chi connectivity index (χ4v) is 3.00. The average Bonchev–Trinajstić information content (AvgIpc) is 2.79. The van der Waals surface area contributed by atoms with Crippen LogP contribution in [0.2, 0.25) is 0 Å². The summed E-state index contributed by atoms with van der Waals surface area (Å²) in [5, 5.41) is -0.239. The van der Waals surface area contributed by atoms with Crippen molar-refractivity contribution in [1.29, 1.82) is 0 Å². The van der Waals surface area contributed by atoms with Crippen LogP contribution in [0.4, 0.5) is 0 Å². The molecule has 110 valence electrons. The highest BCUT2D eigenvalue weighted by Gasteiger charge is 2.26. The molecule has 0 saturated heterocycles. The number of hydrogen-bond donors (Lipinski definition) is 0. The van der Waals surface area contributed by atoms with Gasteiger partial charge in [-0.05, 0) is 71.1 Å². The summed E-state index contributed by atoms with van der Waals surface area (Å²) < 4.78 is 5.22. The van der Waals surface area contributed by atoms with Crippen molar-refractivity contribution >= 4 is 21.9 Å². The second-order valence-corrected chi connectivity index (χ2v) is 7.43. The van der Waals surface area contributed by atoms with Crippen molar-refractivity contribution in [3.8, 4) is 0 Å². The molecule has 1 aliphatic carbocycles. The predicted molar refractivity (Wildman–Crippen MR) is 85.1 cm³/mol. The van der Waals surface area contributed by atoms with Gasteiger partial charge < -0.3 is 4.74 Å². The lowest BCUT2D eigenvalue weighted by Crippen LogP contribution is -2.16. The molecule has 20 heavy (non-hydrogen) atoms. The fourth-order valence-electron chi connectivity index (χ4n) is 2.81. The SMILES string of the molecule is CC(Br)OC(=O)C(C)c1ccc2c(c1)CC(C(C)C)C2. The lowest BCUT2D eigenvalue weighted by molar-refractivity contribution is -0.145. The van der Waals surface area contributed by atoms with E-state index in [2.05, 4.69) is 48.0 Å². The Bertz CT molecular complexity index is 494. The molecule has 3 atom stereocenters. The van der Waals surface area contributed by atoms with E-state index in [1.807, 2.05) is 6.92 Å². The van der Waals surface area contributed by atoms with Crippen LogP contribution in [0, 0.1) is 11.8 Å². The van der Waals surface area contributed by atoms with E-state index in [1.54, 1.807) is 6.92 Å². The minimum absolute atomic E-state index is 0.173. The maximum atomic E-state index is 12.0. The number of alkyl halides is 1. The van der Waals surface area contributed by atoms with Crippen molar-refractivity contribution in [3.05, 3.63) is 34.9 Å². The summed E-state index contributed by atoms with van der Waals surface area (Å²) in [7, 11) is 0. The number of carbonyl (C=O) groups excluding carboxylic acids is 1. The molecule has 1 aromatic carbocycles. The van der Waals surface area contributed by atoms with Gasteiger partial charge in [-0.3, -0.25) is 4.79 Å². The van der Waals surface area contributed by atoms with Crippen LogP contribution < -0.4 is 0 Å². The number of hydrogen-bond acceptors (Lipinski definition) is 2. The number of carbonyl (C=O) groups is 1. The van der Waals surface area contributed by atoms with Crippen molar-refractivity contribution in [2.75, 3.05) is 0 Å². The summed E-state index contributed by atoms with van der Waals surface area (Å²) in [5.41, 5.74) is 3.92. The first kappa shape index (κ1) is 15.6. The molecule has 0 N–H and O–H groups in total. The van der Waals surface area contributed by atoms with E-state index in [1.165, 1.54) is 17.5 Å². The van der Waals surface area contributed by atoms with Crippen molar-refractivity contribution in [2.24, 2.45) is 11.8 Å². The van der Waals surface area contributed by atoms with Gasteiger partial charge in [0.05, 0.1) is 5.92 Å². The third-order valence-electron chi connectivity index (χ3n) is 4.27. The Morgan fingerprint density at radius 2 is 1.85 bits per heavy atom. The topological polar surface area (TPSA) is 26.3 Å². The first-order chi connectivity index (χ1) is 9.38. The van der Waals surface area contributed by atoms with Crippen LogP contribution in [0.5, 0.6) is 0 Å². The van der Waals surface area contributed by atoms with Gasteiger partial charge in [-0.15, -0.1) is 0 Å². The molecule has 1 aromatic rings. The van der Waals surface area contributed by atoms with Gasteiger partial charge in [0, 0.05) is 0 Å². The van der Waals surface area contributed by atoms with E-state index >= 15 is 0 Å². The Hall–Kier alpha value is -0.830. The summed E-state index contributed by atoms with van der Waals surface area (Å²) in [5.74, 6) is 1.07. The maximum absolute atomic E-state index is 12.0. The van der Waals surface area contributed by atoms with Gasteiger partial charge in [-0.1, -0.05) is 32.0 Å². The molecule has 3 unspecified atom stereocenters. The molecular weight excluding hydrogens is 316 g/mol. The second-order valence-electron chi connectivity index (χ2n) is 6.14. The van der Waals surface area contributed by atoms with Crippen molar-refractivity contribution in [3.63, 3.8) is 0 Å². The molecule has 3 heteroatoms. The monoisotopic (exact) mass is 338 g/mol. The Balaban J connectivity index is 2.13. The molecule has 0 spiro atoms. The predicted octanol–water partition coefficient (Wildman–Crippen LogP) is 4.45. The van der Waals surface area contributed by atoms with Crippen LogP contribution in [0.25, 0.3) is 0 Å². The van der Waals surface area contributed by atoms with E-state index in [0.29, 0.717) is 5.92 Å². The summed E-state index contributed by atoms with van der Waals surface area (Å²) in [4.78, 5) is 12.0. The molecule has 0 saturated carbocycles. The highest BCUT2D eigenvalue weighted by molar-refractivity contribution is 9.09. The van der Waals surface area contributed by atoms with E-state index in [4.69, 9.17) is 4.74 Å². The molecule has 0 fully saturated rings. The number of ether oxygens (including phenoxy) is 1. The Morgan fingerprint density at radius 3 is 2.45 bits per heavy atom. The smallest absolute Gasteiger partial charge is 0.314 e. The van der Waals surface area contributed by atoms with Gasteiger partial charge in [0.2, 0.25) is 0 Å². The van der Waals surface area contributed by atoms with Crippen LogP contribution in [-0.2, 0) is 22.4 Å². The lowest BCUT2D eigenvalue weighted by Gasteiger charge is -2.14. The van der Waals surface area contributed by atoms with Gasteiger partial charge in [0.15, 0.2) is 5.01 Å². The van der Waals surface area contributed by atoms with Gasteiger partial charge in [-0.25, -0.2) is 0 Å². The first-order valence-corrected chi connectivity index (χ1v) is 8.26. The van der Waals surface area contributed by atoms with Crippen molar-refractivity contribution < 1.29 is 9.53 Å². The van der Waals surface area contributed by atoms with Crippen LogP contribution in [0.15, 0.2) is 18.2 Å². The fraction of sp³-hybridized carbons (Fsp3) is 0.588. The van der Waals surface area contributed by atoms with Crippen LogP contribution >= 0.6 is 15.9 Å². The van der Waals surface area contributed by atoms with E-state index in [9.17, 15) is 4.79 Å². The first-order valence-electron chi connectivity index (χ1n) is 7.34. The molecule has 0 aliphatic heterocycles. The molecule has 0 heterocycles. The Morgan fingerprint density at radius 1 is 1.20 bits per heavy atom. The van der Waals surface area contributed by atoms with Crippen molar-refractivity contribution in [1.82, 2.24) is 0 Å². The zero-order valence-electron chi connectivity index (χ0n) is 12.7. The maximum Gasteiger partial charge on any atom is 0.314 e. The Kier molecular flexibility index (Phi) is 4.90. The molecule has 0 bridgehead atoms. The molecule has 2 nitrogen and oxygen atoms in total. The summed E-state index contributed by atoms with van der Waals surface area (Å²) in [6, 6.07) is 6.46. The molecule has 0 aromatic heterocycles. The van der Waals surface area contributed by atoms with Gasteiger partial charge in [0.25, 0.3) is 0 Å². The average molecular weight is 339 g/mol. The molecule has 2 rings (SSSR count). The standard InChI is InChI=1S/C17H23BrO2/c1-10(2)15-8-14-6-5-13(7-16(14)9-15)11(3)17(19)20-12(4)18/h5-7,10-12,15H,8-9H2,1-4H3. The summed E-state index contributed by atoms with van der Waals surface area (Å²) in [6.07, 6.45) is 2.31. The number of halogens is 1. The third kappa shape index (κ3) is 3.43. The summed E-state index contributed by atoms with van der Waals surface area (Å²) >= 11 is 3.25. The van der Waals surface area contributed by atoms with E-state index < -0.39 is 0 Å². The number of fused-ring (bicyclic) bond motifs is 1. The van der Waals surface area contributed by atoms with Crippen LogP contribution in [-0.4, -0.2) is 11.0 Å². The molecule has 0 radical (unpaired) electrons. The number of benzene rings is 1. The minimum atomic E-state index is -0.239. The van der Waals surface area contributed by atoms with E-state index in [0.717, 1.165) is 17.9 Å². The second kappa shape index (κ2) is 6.30. The minimum Gasteiger partial charge on any atom is -0.451 e. The van der Waals surface area contributed by atoms with Crippen LogP contribution in [0.3, 0.4) is 0 Å². The van der Waals surface area contributed by atoms with Gasteiger partial charge in [-0.2, -0.15) is 0 Å². The Labute approximate surface area is 130 Å². The van der Waals surface area contributed by atoms with E-state index in [-0.39, 0.29) is 16.9 Å².